The Kier molecular flexibility index (Phi) is 7.60. The Morgan fingerprint density at radius 2 is 1.69 bits per heavy atom. The molecule has 0 aromatic carbocycles. The number of ether oxygens (including phenoxy) is 2. The van der Waals surface area contributed by atoms with E-state index in [1.165, 1.54) is 23.0 Å². The molecular weight excluding hydrogens is 496 g/mol. The van der Waals surface area contributed by atoms with Crippen LogP contribution < -0.4 is 5.32 Å². The molecule has 0 spiro atoms. The smallest absolute Gasteiger partial charge is 0.408 e. The quantitative estimate of drug-likeness (QED) is 0.427. The van der Waals surface area contributed by atoms with Gasteiger partial charge in [-0.15, -0.1) is 22.7 Å². The van der Waals surface area contributed by atoms with Crippen LogP contribution in [0.2, 0.25) is 0 Å². The summed E-state index contributed by atoms with van der Waals surface area (Å²) in [5.41, 5.74) is -0.751. The molecular formula is C22H26N4O7S2. The fourth-order valence-corrected chi connectivity index (χ4v) is 4.23. The molecule has 0 aliphatic heterocycles. The van der Waals surface area contributed by atoms with Gasteiger partial charge >= 0.3 is 18.0 Å². The van der Waals surface area contributed by atoms with E-state index in [2.05, 4.69) is 20.3 Å². The molecule has 0 saturated carbocycles. The number of carbonyl (C=O) groups excluding carboxylic acids is 2. The van der Waals surface area contributed by atoms with Crippen LogP contribution in [0.15, 0.2) is 21.4 Å². The Bertz CT molecular complexity index is 1220. The maximum atomic E-state index is 12.8. The number of carbonyl (C=O) groups is 3. The summed E-state index contributed by atoms with van der Waals surface area (Å²) in [6, 6.07) is -1.02. The number of oxazole rings is 1. The standard InChI is InChI=1S/C22H26N4O7S2/c1-21(2,3)32-19(29)11(26-20(30)33-22(4,5)6)7-15-23-13(9-34-15)16-24-12(8-31-16)17-25-14(10-35-17)18(27)28/h8-11H,7H2,1-6H3,(H,26,30)(H,27,28)/t11-/m0/s1. The number of thiazole rings is 2. The van der Waals surface area contributed by atoms with E-state index in [1.54, 1.807) is 46.9 Å². The van der Waals surface area contributed by atoms with Gasteiger partial charge in [-0.2, -0.15) is 0 Å². The molecule has 3 rings (SSSR count). The zero-order valence-corrected chi connectivity index (χ0v) is 21.7. The van der Waals surface area contributed by atoms with Crippen molar-refractivity contribution in [3.63, 3.8) is 0 Å². The Morgan fingerprint density at radius 3 is 2.29 bits per heavy atom. The molecule has 2 N–H and O–H groups in total. The van der Waals surface area contributed by atoms with E-state index < -0.39 is 35.3 Å². The lowest BCUT2D eigenvalue weighted by Gasteiger charge is -2.25. The van der Waals surface area contributed by atoms with E-state index in [0.29, 0.717) is 21.4 Å². The molecule has 0 radical (unpaired) electrons. The molecule has 11 nitrogen and oxygen atoms in total. The minimum Gasteiger partial charge on any atom is -0.476 e. The summed E-state index contributed by atoms with van der Waals surface area (Å²) < 4.78 is 16.2. The van der Waals surface area contributed by atoms with E-state index in [4.69, 9.17) is 19.0 Å². The molecule has 3 heterocycles. The summed E-state index contributed by atoms with van der Waals surface area (Å²) in [5.74, 6) is -1.53. The summed E-state index contributed by atoms with van der Waals surface area (Å²) in [6.07, 6.45) is 0.694. The predicted octanol–water partition coefficient (Wildman–Crippen LogP) is 4.40. The van der Waals surface area contributed by atoms with E-state index in [1.807, 2.05) is 0 Å². The van der Waals surface area contributed by atoms with Gasteiger partial charge in [0.25, 0.3) is 0 Å². The van der Waals surface area contributed by atoms with Crippen LogP contribution in [0.3, 0.4) is 0 Å². The summed E-state index contributed by atoms with van der Waals surface area (Å²) in [4.78, 5) is 48.9. The first-order valence-electron chi connectivity index (χ1n) is 10.5. The van der Waals surface area contributed by atoms with Crippen molar-refractivity contribution in [2.45, 2.75) is 65.2 Å². The topological polar surface area (TPSA) is 154 Å². The first-order valence-corrected chi connectivity index (χ1v) is 12.3. The number of hydrogen-bond donors (Lipinski definition) is 2. The molecule has 188 valence electrons. The van der Waals surface area contributed by atoms with Crippen molar-refractivity contribution in [1.82, 2.24) is 20.3 Å². The lowest BCUT2D eigenvalue weighted by atomic mass is 10.1. The van der Waals surface area contributed by atoms with Gasteiger partial charge in [0.05, 0.1) is 5.01 Å². The van der Waals surface area contributed by atoms with Gasteiger partial charge in [-0.1, -0.05) is 0 Å². The van der Waals surface area contributed by atoms with Crippen LogP contribution in [0.5, 0.6) is 0 Å². The van der Waals surface area contributed by atoms with Crippen molar-refractivity contribution in [1.29, 1.82) is 0 Å². The van der Waals surface area contributed by atoms with Gasteiger partial charge in [0.2, 0.25) is 5.89 Å². The second-order valence-corrected chi connectivity index (χ2v) is 11.2. The minimum atomic E-state index is -1.13. The lowest BCUT2D eigenvalue weighted by Crippen LogP contribution is -2.47. The van der Waals surface area contributed by atoms with Crippen molar-refractivity contribution < 1.29 is 33.4 Å². The largest absolute Gasteiger partial charge is 0.476 e. The number of nitrogens with zero attached hydrogens (tertiary/aromatic N) is 3. The lowest BCUT2D eigenvalue weighted by molar-refractivity contribution is -0.157. The number of carboxylic acids is 1. The number of aromatic carboxylic acids is 1. The zero-order chi connectivity index (χ0) is 26.0. The number of esters is 1. The van der Waals surface area contributed by atoms with Crippen LogP contribution in [0, 0.1) is 0 Å². The monoisotopic (exact) mass is 522 g/mol. The van der Waals surface area contributed by atoms with Crippen molar-refractivity contribution >= 4 is 40.7 Å². The highest BCUT2D eigenvalue weighted by Crippen LogP contribution is 2.28. The van der Waals surface area contributed by atoms with Crippen molar-refractivity contribution in [3.8, 4) is 22.3 Å². The number of nitrogens with one attached hydrogen (secondary N) is 1. The molecule has 3 aromatic heterocycles. The maximum Gasteiger partial charge on any atom is 0.408 e. The van der Waals surface area contributed by atoms with Gasteiger partial charge in [-0.25, -0.2) is 29.3 Å². The first kappa shape index (κ1) is 26.3. The van der Waals surface area contributed by atoms with Gasteiger partial charge in [-0.05, 0) is 41.5 Å². The normalized spacial score (nSPS) is 12.7. The van der Waals surface area contributed by atoms with Gasteiger partial charge in [-0.3, -0.25) is 0 Å². The van der Waals surface area contributed by atoms with Crippen LogP contribution in [0.1, 0.15) is 57.0 Å². The van der Waals surface area contributed by atoms with Crippen LogP contribution in [-0.4, -0.2) is 55.3 Å². The highest BCUT2D eigenvalue weighted by molar-refractivity contribution is 7.13. The Balaban J connectivity index is 1.76. The molecule has 13 heteroatoms. The summed E-state index contributed by atoms with van der Waals surface area (Å²) >= 11 is 2.39. The SMILES string of the molecule is CC(C)(C)OC(=O)N[C@@H](Cc1nc(-c2nc(-c3nc(C(=O)O)cs3)co2)cs1)C(=O)OC(C)(C)C. The third kappa shape index (κ3) is 7.59. The van der Waals surface area contributed by atoms with Gasteiger partial charge in [0.15, 0.2) is 5.69 Å². The number of carboxylic acid groups (broad SMARTS) is 1. The Hall–Kier alpha value is -3.32. The Labute approximate surface area is 209 Å². The molecule has 0 saturated heterocycles. The molecule has 0 fully saturated rings. The van der Waals surface area contributed by atoms with Crippen molar-refractivity contribution in [2.75, 3.05) is 0 Å². The molecule has 35 heavy (non-hydrogen) atoms. The Morgan fingerprint density at radius 1 is 1.00 bits per heavy atom. The number of alkyl carbamates (subject to hydrolysis) is 1. The molecule has 0 unspecified atom stereocenters. The van der Waals surface area contributed by atoms with Gasteiger partial charge < -0.3 is 24.3 Å². The molecule has 3 aromatic rings. The third-order valence-electron chi connectivity index (χ3n) is 3.98. The second kappa shape index (κ2) is 10.1. The molecule has 1 amide bonds. The van der Waals surface area contributed by atoms with Crippen LogP contribution >= 0.6 is 22.7 Å². The number of hydrogen-bond acceptors (Lipinski definition) is 11. The van der Waals surface area contributed by atoms with Gasteiger partial charge in [0.1, 0.15) is 39.9 Å². The van der Waals surface area contributed by atoms with Gasteiger partial charge in [0, 0.05) is 17.2 Å². The molecule has 1 atom stereocenters. The summed E-state index contributed by atoms with van der Waals surface area (Å²) in [7, 11) is 0. The second-order valence-electron chi connectivity index (χ2n) is 9.44. The minimum absolute atomic E-state index is 0.0703. The summed E-state index contributed by atoms with van der Waals surface area (Å²) in [5, 5.41) is 15.7. The van der Waals surface area contributed by atoms with Crippen molar-refractivity contribution in [3.05, 3.63) is 27.7 Å². The average Bonchev–Trinajstić information content (AvgIpc) is 3.44. The highest BCUT2D eigenvalue weighted by Gasteiger charge is 2.30. The third-order valence-corrected chi connectivity index (χ3v) is 5.71. The molecule has 0 aliphatic carbocycles. The average molecular weight is 523 g/mol. The van der Waals surface area contributed by atoms with E-state index in [9.17, 15) is 14.4 Å². The zero-order valence-electron chi connectivity index (χ0n) is 20.1. The van der Waals surface area contributed by atoms with Crippen LogP contribution in [0.25, 0.3) is 22.3 Å². The maximum absolute atomic E-state index is 12.8. The van der Waals surface area contributed by atoms with Crippen LogP contribution in [0.4, 0.5) is 4.79 Å². The van der Waals surface area contributed by atoms with Crippen LogP contribution in [-0.2, 0) is 20.7 Å². The van der Waals surface area contributed by atoms with E-state index in [-0.39, 0.29) is 18.0 Å². The highest BCUT2D eigenvalue weighted by atomic mass is 32.1. The number of aromatic nitrogens is 3. The molecule has 0 bridgehead atoms. The number of rotatable bonds is 7. The van der Waals surface area contributed by atoms with E-state index in [0.717, 1.165) is 11.3 Å². The van der Waals surface area contributed by atoms with Crippen molar-refractivity contribution in [2.24, 2.45) is 0 Å². The number of amides is 1. The summed E-state index contributed by atoms with van der Waals surface area (Å²) in [6.45, 7) is 10.4. The fraction of sp³-hybridized carbons (Fsp3) is 0.455. The molecule has 0 aliphatic rings. The fourth-order valence-electron chi connectivity index (χ4n) is 2.67. The van der Waals surface area contributed by atoms with E-state index >= 15 is 0 Å². The first-order chi connectivity index (χ1) is 16.2. The predicted molar refractivity (Wildman–Crippen MR) is 128 cm³/mol.